The third-order valence-corrected chi connectivity index (χ3v) is 3.71. The number of para-hydroxylation sites is 1. The fourth-order valence-corrected chi connectivity index (χ4v) is 2.50. The lowest BCUT2D eigenvalue weighted by atomic mass is 9.93. The van der Waals surface area contributed by atoms with Crippen LogP contribution in [0.25, 0.3) is 0 Å². The van der Waals surface area contributed by atoms with Crippen molar-refractivity contribution in [3.63, 3.8) is 0 Å². The van der Waals surface area contributed by atoms with Gasteiger partial charge in [-0.25, -0.2) is 4.99 Å². The number of unbranched alkanes of at least 4 members (excludes halogenated alkanes) is 4. The average Bonchev–Trinajstić information content (AvgIpc) is 2.46. The molecule has 1 unspecified atom stereocenters. The van der Waals surface area contributed by atoms with Crippen LogP contribution in [0.1, 0.15) is 51.0 Å². The fraction of sp³-hybridized carbons (Fsp3) is 0.529. The Morgan fingerprint density at radius 1 is 1.18 bits per heavy atom. The van der Waals surface area contributed by atoms with Crippen LogP contribution < -0.4 is 11.5 Å². The van der Waals surface area contributed by atoms with Crippen molar-refractivity contribution in [2.24, 2.45) is 22.4 Å². The van der Waals surface area contributed by atoms with Gasteiger partial charge in [0, 0.05) is 0 Å². The largest absolute Gasteiger partial charge is 0.481 e. The molecule has 0 aliphatic heterocycles. The lowest BCUT2D eigenvalue weighted by molar-refractivity contribution is -0.142. The molecule has 1 rings (SSSR count). The third-order valence-electron chi connectivity index (χ3n) is 3.71. The van der Waals surface area contributed by atoms with E-state index in [0.29, 0.717) is 18.5 Å². The number of rotatable bonds is 10. The number of carboxylic acids is 1. The third kappa shape index (κ3) is 6.61. The molecule has 0 amide bonds. The molecule has 5 heteroatoms. The minimum Gasteiger partial charge on any atom is -0.481 e. The molecular weight excluding hydrogens is 278 g/mol. The summed E-state index contributed by atoms with van der Waals surface area (Å²) in [7, 11) is 0. The van der Waals surface area contributed by atoms with Crippen LogP contribution in [0.5, 0.6) is 0 Å². The average molecular weight is 305 g/mol. The summed E-state index contributed by atoms with van der Waals surface area (Å²) in [5.74, 6) is -1.16. The summed E-state index contributed by atoms with van der Waals surface area (Å²) in [5, 5.41) is 9.42. The summed E-state index contributed by atoms with van der Waals surface area (Å²) in [6.45, 7) is 2.17. The number of aliphatic carboxylic acids is 1. The number of hydrogen-bond donors (Lipinski definition) is 3. The van der Waals surface area contributed by atoms with Gasteiger partial charge in [-0.15, -0.1) is 0 Å². The topological polar surface area (TPSA) is 102 Å². The Bertz CT molecular complexity index is 496. The summed E-state index contributed by atoms with van der Waals surface area (Å²) in [4.78, 5) is 15.5. The Kier molecular flexibility index (Phi) is 8.04. The SMILES string of the molecule is CCCCCCCC(Cc1ccccc1N=C(N)N)C(=O)O. The van der Waals surface area contributed by atoms with Crippen LogP contribution in [0.3, 0.4) is 0 Å². The highest BCUT2D eigenvalue weighted by atomic mass is 16.4. The van der Waals surface area contributed by atoms with Crippen molar-refractivity contribution in [3.05, 3.63) is 29.8 Å². The first kappa shape index (κ1) is 18.0. The van der Waals surface area contributed by atoms with E-state index in [0.717, 1.165) is 18.4 Å². The molecule has 0 aliphatic carbocycles. The van der Waals surface area contributed by atoms with E-state index < -0.39 is 11.9 Å². The molecule has 0 aliphatic rings. The molecule has 0 spiro atoms. The molecule has 122 valence electrons. The van der Waals surface area contributed by atoms with Gasteiger partial charge < -0.3 is 16.6 Å². The van der Waals surface area contributed by atoms with Crippen molar-refractivity contribution in [3.8, 4) is 0 Å². The maximum Gasteiger partial charge on any atom is 0.306 e. The van der Waals surface area contributed by atoms with Crippen LogP contribution >= 0.6 is 0 Å². The normalized spacial score (nSPS) is 11.9. The molecule has 0 saturated carbocycles. The zero-order chi connectivity index (χ0) is 16.4. The minimum atomic E-state index is -0.755. The highest BCUT2D eigenvalue weighted by molar-refractivity contribution is 5.79. The molecule has 5 nitrogen and oxygen atoms in total. The maximum atomic E-state index is 11.5. The Balaban J connectivity index is 2.67. The molecule has 0 fully saturated rings. The zero-order valence-electron chi connectivity index (χ0n) is 13.3. The van der Waals surface area contributed by atoms with E-state index in [2.05, 4.69) is 11.9 Å². The van der Waals surface area contributed by atoms with Crippen molar-refractivity contribution in [1.82, 2.24) is 0 Å². The zero-order valence-corrected chi connectivity index (χ0v) is 13.3. The van der Waals surface area contributed by atoms with E-state index in [1.165, 1.54) is 19.3 Å². The molecule has 0 radical (unpaired) electrons. The van der Waals surface area contributed by atoms with Crippen LogP contribution in [0.2, 0.25) is 0 Å². The van der Waals surface area contributed by atoms with Gasteiger partial charge in [-0.2, -0.15) is 0 Å². The van der Waals surface area contributed by atoms with Crippen molar-refractivity contribution in [2.45, 2.75) is 51.9 Å². The van der Waals surface area contributed by atoms with Crippen molar-refractivity contribution >= 4 is 17.6 Å². The van der Waals surface area contributed by atoms with Gasteiger partial charge in [0.15, 0.2) is 5.96 Å². The first-order valence-corrected chi connectivity index (χ1v) is 7.95. The molecule has 22 heavy (non-hydrogen) atoms. The predicted molar refractivity (Wildman–Crippen MR) is 90.1 cm³/mol. The standard InChI is InChI=1S/C17H27N3O2/c1-2-3-4-5-6-10-14(16(21)22)12-13-9-7-8-11-15(13)20-17(18)19/h7-9,11,14H,2-6,10,12H2,1H3,(H,21,22)(H4,18,19,20). The number of nitrogens with zero attached hydrogens (tertiary/aromatic N) is 1. The van der Waals surface area contributed by atoms with Gasteiger partial charge >= 0.3 is 5.97 Å². The number of nitrogens with two attached hydrogens (primary N) is 2. The maximum absolute atomic E-state index is 11.5. The van der Waals surface area contributed by atoms with Crippen LogP contribution in [-0.2, 0) is 11.2 Å². The Morgan fingerprint density at radius 3 is 2.50 bits per heavy atom. The smallest absolute Gasteiger partial charge is 0.306 e. The molecule has 0 bridgehead atoms. The number of guanidine groups is 1. The Hall–Kier alpha value is -2.04. The lowest BCUT2D eigenvalue weighted by Crippen LogP contribution is -2.22. The second-order valence-electron chi connectivity index (χ2n) is 5.61. The minimum absolute atomic E-state index is 0.0149. The number of carboxylic acid groups (broad SMARTS) is 1. The summed E-state index contributed by atoms with van der Waals surface area (Å²) in [6.07, 6.45) is 6.76. The van der Waals surface area contributed by atoms with Crippen molar-refractivity contribution < 1.29 is 9.90 Å². The molecule has 5 N–H and O–H groups in total. The van der Waals surface area contributed by atoms with E-state index in [1.54, 1.807) is 6.07 Å². The van der Waals surface area contributed by atoms with Crippen LogP contribution in [0.4, 0.5) is 5.69 Å². The van der Waals surface area contributed by atoms with Crippen molar-refractivity contribution in [2.75, 3.05) is 0 Å². The second kappa shape index (κ2) is 9.82. The first-order valence-electron chi connectivity index (χ1n) is 7.95. The summed E-state index contributed by atoms with van der Waals surface area (Å²) in [5.41, 5.74) is 12.4. The summed E-state index contributed by atoms with van der Waals surface area (Å²) in [6, 6.07) is 7.40. The molecule has 1 aromatic rings. The lowest BCUT2D eigenvalue weighted by Gasteiger charge is -2.14. The van der Waals surface area contributed by atoms with E-state index in [4.69, 9.17) is 11.5 Å². The summed E-state index contributed by atoms with van der Waals surface area (Å²) >= 11 is 0. The number of hydrogen-bond acceptors (Lipinski definition) is 2. The Morgan fingerprint density at radius 2 is 1.86 bits per heavy atom. The molecule has 1 aromatic carbocycles. The predicted octanol–water partition coefficient (Wildman–Crippen LogP) is 3.20. The highest BCUT2D eigenvalue weighted by Crippen LogP contribution is 2.24. The van der Waals surface area contributed by atoms with Gasteiger partial charge in [-0.3, -0.25) is 4.79 Å². The van der Waals surface area contributed by atoms with Crippen molar-refractivity contribution in [1.29, 1.82) is 0 Å². The second-order valence-corrected chi connectivity index (χ2v) is 5.61. The Labute approximate surface area is 132 Å². The van der Waals surface area contributed by atoms with Gasteiger partial charge in [0.25, 0.3) is 0 Å². The van der Waals surface area contributed by atoms with Gasteiger partial charge in [-0.05, 0) is 24.5 Å². The molecule has 0 aromatic heterocycles. The molecule has 0 heterocycles. The molecule has 1 atom stereocenters. The van der Waals surface area contributed by atoms with Gasteiger partial charge in [0.1, 0.15) is 0 Å². The number of aliphatic imine (C=N–C) groups is 1. The number of benzene rings is 1. The van der Waals surface area contributed by atoms with Crippen LogP contribution in [0.15, 0.2) is 29.3 Å². The first-order chi connectivity index (χ1) is 10.5. The van der Waals surface area contributed by atoms with E-state index >= 15 is 0 Å². The molecule has 0 saturated heterocycles. The van der Waals surface area contributed by atoms with E-state index in [9.17, 15) is 9.90 Å². The number of carbonyl (C=O) groups is 1. The monoisotopic (exact) mass is 305 g/mol. The van der Waals surface area contributed by atoms with Gasteiger partial charge in [-0.1, -0.05) is 57.2 Å². The quantitative estimate of drug-likeness (QED) is 0.351. The summed E-state index contributed by atoms with van der Waals surface area (Å²) < 4.78 is 0. The van der Waals surface area contributed by atoms with E-state index in [-0.39, 0.29) is 5.96 Å². The van der Waals surface area contributed by atoms with Gasteiger partial charge in [0.2, 0.25) is 0 Å². The van der Waals surface area contributed by atoms with Crippen LogP contribution in [0, 0.1) is 5.92 Å². The van der Waals surface area contributed by atoms with E-state index in [1.807, 2.05) is 18.2 Å². The highest BCUT2D eigenvalue weighted by Gasteiger charge is 2.19. The van der Waals surface area contributed by atoms with Crippen LogP contribution in [-0.4, -0.2) is 17.0 Å². The molecular formula is C17H27N3O2. The van der Waals surface area contributed by atoms with Gasteiger partial charge in [0.05, 0.1) is 11.6 Å². The fourth-order valence-electron chi connectivity index (χ4n) is 2.50.